The number of pyridine rings is 1. The molecule has 0 aliphatic carbocycles. The zero-order chi connectivity index (χ0) is 16.6. The second kappa shape index (κ2) is 6.04. The summed E-state index contributed by atoms with van der Waals surface area (Å²) in [7, 11) is 0. The van der Waals surface area contributed by atoms with E-state index < -0.39 is 0 Å². The molecule has 0 spiro atoms. The molecule has 1 aliphatic rings. The van der Waals surface area contributed by atoms with Crippen molar-refractivity contribution in [2.24, 2.45) is 5.73 Å². The molecule has 23 heavy (non-hydrogen) atoms. The number of H-pyrrole nitrogens is 1. The zero-order valence-electron chi connectivity index (χ0n) is 13.3. The smallest absolute Gasteiger partial charge is 0.254 e. The number of furan rings is 1. The summed E-state index contributed by atoms with van der Waals surface area (Å²) in [5, 5.41) is 0. The average molecular weight is 315 g/mol. The minimum absolute atomic E-state index is 0.0136. The van der Waals surface area contributed by atoms with Gasteiger partial charge in [-0.25, -0.2) is 0 Å². The van der Waals surface area contributed by atoms with Crippen molar-refractivity contribution in [3.8, 4) is 0 Å². The number of carbonyl (C=O) groups excluding carboxylic acids is 1. The first-order valence-corrected chi connectivity index (χ1v) is 7.82. The van der Waals surface area contributed by atoms with Crippen LogP contribution in [0.2, 0.25) is 0 Å². The van der Waals surface area contributed by atoms with E-state index in [9.17, 15) is 9.59 Å². The van der Waals surface area contributed by atoms with Crippen molar-refractivity contribution in [3.05, 3.63) is 57.4 Å². The summed E-state index contributed by atoms with van der Waals surface area (Å²) in [5.74, 6) is 1.47. The van der Waals surface area contributed by atoms with Gasteiger partial charge in [-0.3, -0.25) is 9.59 Å². The second-order valence-corrected chi connectivity index (χ2v) is 6.04. The van der Waals surface area contributed by atoms with E-state index in [0.29, 0.717) is 25.1 Å². The van der Waals surface area contributed by atoms with E-state index in [2.05, 4.69) is 4.98 Å². The normalized spacial score (nSPS) is 20.9. The van der Waals surface area contributed by atoms with Gasteiger partial charge in [0.2, 0.25) is 5.56 Å². The van der Waals surface area contributed by atoms with Gasteiger partial charge in [-0.05, 0) is 31.5 Å². The molecule has 0 saturated carbocycles. The van der Waals surface area contributed by atoms with Gasteiger partial charge >= 0.3 is 0 Å². The first-order valence-electron chi connectivity index (χ1n) is 7.82. The molecule has 2 aromatic rings. The van der Waals surface area contributed by atoms with Crippen molar-refractivity contribution in [2.45, 2.75) is 32.2 Å². The molecule has 122 valence electrons. The van der Waals surface area contributed by atoms with Gasteiger partial charge in [-0.15, -0.1) is 0 Å². The number of amides is 1. The summed E-state index contributed by atoms with van der Waals surface area (Å²) >= 11 is 0. The lowest BCUT2D eigenvalue weighted by molar-refractivity contribution is 0.0788. The molecule has 0 aromatic carbocycles. The van der Waals surface area contributed by atoms with Crippen LogP contribution in [0, 0.1) is 6.92 Å². The van der Waals surface area contributed by atoms with Crippen molar-refractivity contribution in [1.82, 2.24) is 9.88 Å². The van der Waals surface area contributed by atoms with E-state index in [0.717, 1.165) is 17.2 Å². The molecule has 3 rings (SSSR count). The maximum atomic E-state index is 12.7. The van der Waals surface area contributed by atoms with Crippen LogP contribution in [-0.2, 0) is 6.42 Å². The molecule has 1 amide bonds. The van der Waals surface area contributed by atoms with Crippen LogP contribution in [0.5, 0.6) is 0 Å². The van der Waals surface area contributed by atoms with Gasteiger partial charge in [-0.1, -0.05) is 6.92 Å². The van der Waals surface area contributed by atoms with Gasteiger partial charge in [0.05, 0.1) is 5.92 Å². The SMILES string of the molecule is CCc1cc(C(=O)N2CC(N)C(c3ccc(C)o3)C2)cc(=O)[nH]1. The summed E-state index contributed by atoms with van der Waals surface area (Å²) in [6.45, 7) is 4.77. The Morgan fingerprint density at radius 3 is 2.83 bits per heavy atom. The summed E-state index contributed by atoms with van der Waals surface area (Å²) in [6, 6.07) is 6.72. The molecule has 0 bridgehead atoms. The standard InChI is InChI=1S/C17H21N3O3/c1-3-12-6-11(7-16(21)19-12)17(22)20-8-13(14(18)9-20)15-5-4-10(2)23-15/h4-7,13-14H,3,8-9,18H2,1-2H3,(H,19,21). The molecule has 6 nitrogen and oxygen atoms in total. The fourth-order valence-electron chi connectivity index (χ4n) is 3.05. The van der Waals surface area contributed by atoms with Crippen LogP contribution in [0.15, 0.2) is 33.5 Å². The first kappa shape index (κ1) is 15.6. The van der Waals surface area contributed by atoms with Gasteiger partial charge in [0.1, 0.15) is 11.5 Å². The van der Waals surface area contributed by atoms with Crippen molar-refractivity contribution >= 4 is 5.91 Å². The number of hydrogen-bond donors (Lipinski definition) is 2. The number of nitrogens with zero attached hydrogens (tertiary/aromatic N) is 1. The fraction of sp³-hybridized carbons (Fsp3) is 0.412. The predicted molar refractivity (Wildman–Crippen MR) is 86.5 cm³/mol. The van der Waals surface area contributed by atoms with Crippen molar-refractivity contribution < 1.29 is 9.21 Å². The molecular weight excluding hydrogens is 294 g/mol. The Morgan fingerprint density at radius 1 is 1.39 bits per heavy atom. The maximum absolute atomic E-state index is 12.7. The maximum Gasteiger partial charge on any atom is 0.254 e. The molecule has 2 unspecified atom stereocenters. The number of aromatic nitrogens is 1. The number of rotatable bonds is 3. The third-order valence-corrected chi connectivity index (χ3v) is 4.31. The highest BCUT2D eigenvalue weighted by atomic mass is 16.3. The summed E-state index contributed by atoms with van der Waals surface area (Å²) in [4.78, 5) is 28.8. The van der Waals surface area contributed by atoms with Gasteiger partial charge in [0.25, 0.3) is 5.91 Å². The van der Waals surface area contributed by atoms with Crippen LogP contribution in [0.1, 0.15) is 40.4 Å². The summed E-state index contributed by atoms with van der Waals surface area (Å²) in [6.07, 6.45) is 0.671. The topological polar surface area (TPSA) is 92.3 Å². The lowest BCUT2D eigenvalue weighted by Crippen LogP contribution is -2.32. The highest BCUT2D eigenvalue weighted by Crippen LogP contribution is 2.28. The minimum atomic E-state index is -0.255. The van der Waals surface area contributed by atoms with Crippen LogP contribution in [0.25, 0.3) is 0 Å². The molecule has 1 fully saturated rings. The molecular formula is C17H21N3O3. The molecule has 0 radical (unpaired) electrons. The van der Waals surface area contributed by atoms with E-state index in [1.807, 2.05) is 26.0 Å². The first-order chi connectivity index (χ1) is 11.0. The lowest BCUT2D eigenvalue weighted by Gasteiger charge is -2.16. The Labute approximate surface area is 134 Å². The van der Waals surface area contributed by atoms with Crippen LogP contribution in [0.3, 0.4) is 0 Å². The summed E-state index contributed by atoms with van der Waals surface area (Å²) < 4.78 is 5.65. The van der Waals surface area contributed by atoms with E-state index >= 15 is 0 Å². The van der Waals surface area contributed by atoms with E-state index in [1.54, 1.807) is 11.0 Å². The Kier molecular flexibility index (Phi) is 4.09. The number of carbonyl (C=O) groups is 1. The molecule has 3 N–H and O–H groups in total. The summed E-state index contributed by atoms with van der Waals surface area (Å²) in [5.41, 5.74) is 7.10. The molecule has 1 saturated heterocycles. The number of likely N-dealkylation sites (tertiary alicyclic amines) is 1. The number of nitrogens with two attached hydrogens (primary N) is 1. The minimum Gasteiger partial charge on any atom is -0.466 e. The second-order valence-electron chi connectivity index (χ2n) is 6.04. The van der Waals surface area contributed by atoms with Crippen LogP contribution < -0.4 is 11.3 Å². The van der Waals surface area contributed by atoms with Crippen molar-refractivity contribution in [1.29, 1.82) is 0 Å². The van der Waals surface area contributed by atoms with Gasteiger partial charge in [-0.2, -0.15) is 0 Å². The number of hydrogen-bond acceptors (Lipinski definition) is 4. The Morgan fingerprint density at radius 2 is 2.17 bits per heavy atom. The van der Waals surface area contributed by atoms with Crippen LogP contribution in [0.4, 0.5) is 0 Å². The average Bonchev–Trinajstić information content (AvgIpc) is 3.11. The van der Waals surface area contributed by atoms with Crippen molar-refractivity contribution in [3.63, 3.8) is 0 Å². The number of nitrogens with one attached hydrogen (secondary N) is 1. The third kappa shape index (κ3) is 3.07. The van der Waals surface area contributed by atoms with Crippen molar-refractivity contribution in [2.75, 3.05) is 13.1 Å². The molecule has 6 heteroatoms. The third-order valence-electron chi connectivity index (χ3n) is 4.31. The van der Waals surface area contributed by atoms with Crippen LogP contribution >= 0.6 is 0 Å². The van der Waals surface area contributed by atoms with E-state index in [4.69, 9.17) is 10.2 Å². The highest BCUT2D eigenvalue weighted by Gasteiger charge is 2.36. The molecule has 2 aromatic heterocycles. The number of aryl methyl sites for hydroxylation is 2. The van der Waals surface area contributed by atoms with E-state index in [-0.39, 0.29) is 23.4 Å². The Hall–Kier alpha value is -2.34. The Bertz CT molecular complexity index is 777. The highest BCUT2D eigenvalue weighted by molar-refractivity contribution is 5.94. The van der Waals surface area contributed by atoms with Gasteiger partial charge in [0, 0.05) is 36.5 Å². The Balaban J connectivity index is 1.81. The monoisotopic (exact) mass is 315 g/mol. The largest absolute Gasteiger partial charge is 0.466 e. The number of aromatic amines is 1. The van der Waals surface area contributed by atoms with Crippen LogP contribution in [-0.4, -0.2) is 34.9 Å². The fourth-order valence-corrected chi connectivity index (χ4v) is 3.05. The van der Waals surface area contributed by atoms with E-state index in [1.165, 1.54) is 6.07 Å². The molecule has 2 atom stereocenters. The zero-order valence-corrected chi connectivity index (χ0v) is 13.3. The van der Waals surface area contributed by atoms with Gasteiger partial charge in [0.15, 0.2) is 0 Å². The quantitative estimate of drug-likeness (QED) is 0.895. The predicted octanol–water partition coefficient (Wildman–Crippen LogP) is 1.41. The molecule has 1 aliphatic heterocycles. The molecule has 3 heterocycles. The van der Waals surface area contributed by atoms with Gasteiger partial charge < -0.3 is 20.0 Å². The lowest BCUT2D eigenvalue weighted by atomic mass is 10.0.